The molecule has 0 radical (unpaired) electrons. The third-order valence-corrected chi connectivity index (χ3v) is 5.43. The molecule has 2 N–H and O–H groups in total. The number of nitrogens with zero attached hydrogens (tertiary/aromatic N) is 3. The molecule has 0 saturated carbocycles. The van der Waals surface area contributed by atoms with Crippen LogP contribution in [0, 0.1) is 0 Å². The van der Waals surface area contributed by atoms with Crippen LogP contribution in [0.25, 0.3) is 0 Å². The van der Waals surface area contributed by atoms with Crippen LogP contribution in [0.5, 0.6) is 0 Å². The van der Waals surface area contributed by atoms with Crippen molar-refractivity contribution in [3.63, 3.8) is 0 Å². The van der Waals surface area contributed by atoms with Gasteiger partial charge in [0.1, 0.15) is 4.90 Å². The van der Waals surface area contributed by atoms with Gasteiger partial charge in [-0.15, -0.1) is 0 Å². The van der Waals surface area contributed by atoms with Gasteiger partial charge in [-0.2, -0.15) is 9.40 Å². The zero-order valence-corrected chi connectivity index (χ0v) is 14.2. The second kappa shape index (κ2) is 6.17. The molecule has 0 bridgehead atoms. The number of hydrogen-bond donors (Lipinski definition) is 1. The fraction of sp³-hybridized carbons (Fsp3) is 0.308. The first-order valence-electron chi connectivity index (χ1n) is 6.38. The molecule has 1 heterocycles. The summed E-state index contributed by atoms with van der Waals surface area (Å²) in [5.41, 5.74) is 6.60. The number of rotatable bonds is 5. The molecule has 1 aromatic carbocycles. The molecule has 2 rings (SSSR count). The van der Waals surface area contributed by atoms with Gasteiger partial charge in [-0.3, -0.25) is 4.68 Å². The highest BCUT2D eigenvalue weighted by Gasteiger charge is 2.26. The highest BCUT2D eigenvalue weighted by atomic mass is 79.9. The second-order valence-electron chi connectivity index (χ2n) is 4.62. The van der Waals surface area contributed by atoms with Crippen molar-refractivity contribution in [3.05, 3.63) is 40.5 Å². The zero-order chi connectivity index (χ0) is 15.6. The van der Waals surface area contributed by atoms with Crippen LogP contribution in [-0.4, -0.2) is 29.6 Å². The van der Waals surface area contributed by atoms with E-state index in [4.69, 9.17) is 5.73 Å². The van der Waals surface area contributed by atoms with Gasteiger partial charge in [0, 0.05) is 30.8 Å². The Labute approximate surface area is 132 Å². The Bertz CT molecular complexity index is 725. The van der Waals surface area contributed by atoms with E-state index in [0.29, 0.717) is 6.54 Å². The Hall–Kier alpha value is -1.38. The van der Waals surface area contributed by atoms with E-state index >= 15 is 0 Å². The molecule has 0 amide bonds. The van der Waals surface area contributed by atoms with E-state index in [-0.39, 0.29) is 17.3 Å². The van der Waals surface area contributed by atoms with Gasteiger partial charge in [-0.25, -0.2) is 8.42 Å². The lowest BCUT2D eigenvalue weighted by Crippen LogP contribution is -2.26. The minimum Gasteiger partial charge on any atom is -0.381 e. The average Bonchev–Trinajstić information content (AvgIpc) is 2.83. The summed E-state index contributed by atoms with van der Waals surface area (Å²) in [7, 11) is -2.13. The van der Waals surface area contributed by atoms with Crippen molar-refractivity contribution in [2.45, 2.75) is 24.9 Å². The van der Waals surface area contributed by atoms with Crippen LogP contribution < -0.4 is 5.73 Å². The Morgan fingerprint density at radius 1 is 1.33 bits per heavy atom. The van der Waals surface area contributed by atoms with Crippen LogP contribution in [0.1, 0.15) is 12.5 Å². The molecule has 2 aromatic rings. The molecule has 114 valence electrons. The van der Waals surface area contributed by atoms with Crippen molar-refractivity contribution in [1.82, 2.24) is 14.1 Å². The fourth-order valence-electron chi connectivity index (χ4n) is 1.88. The molecule has 0 spiro atoms. The minimum absolute atomic E-state index is 0.0273. The summed E-state index contributed by atoms with van der Waals surface area (Å²) < 4.78 is 28.8. The quantitative estimate of drug-likeness (QED) is 0.870. The molecule has 0 aliphatic carbocycles. The van der Waals surface area contributed by atoms with Gasteiger partial charge in [0.2, 0.25) is 10.0 Å². The monoisotopic (exact) mass is 372 g/mol. The van der Waals surface area contributed by atoms with E-state index in [0.717, 1.165) is 10.0 Å². The molecule has 0 aliphatic heterocycles. The van der Waals surface area contributed by atoms with Gasteiger partial charge in [0.05, 0.1) is 0 Å². The smallest absolute Gasteiger partial charge is 0.248 e. The number of hydrogen-bond acceptors (Lipinski definition) is 4. The van der Waals surface area contributed by atoms with Crippen molar-refractivity contribution in [3.8, 4) is 0 Å². The van der Waals surface area contributed by atoms with Gasteiger partial charge < -0.3 is 5.73 Å². The average molecular weight is 373 g/mol. The van der Waals surface area contributed by atoms with E-state index in [1.54, 1.807) is 0 Å². The van der Waals surface area contributed by atoms with Gasteiger partial charge in [0.15, 0.2) is 5.82 Å². The molecule has 0 fully saturated rings. The summed E-state index contributed by atoms with van der Waals surface area (Å²) >= 11 is 3.35. The predicted octanol–water partition coefficient (Wildman–Crippen LogP) is 2.07. The zero-order valence-electron chi connectivity index (χ0n) is 11.8. The first-order valence-corrected chi connectivity index (χ1v) is 8.61. The maximum Gasteiger partial charge on any atom is 0.248 e. The van der Waals surface area contributed by atoms with Crippen molar-refractivity contribution in [2.24, 2.45) is 0 Å². The molecular formula is C13H17BrN4O2S. The lowest BCUT2D eigenvalue weighted by molar-refractivity contribution is 0.467. The number of benzene rings is 1. The number of aromatic nitrogens is 2. The topological polar surface area (TPSA) is 81.2 Å². The summed E-state index contributed by atoms with van der Waals surface area (Å²) in [4.78, 5) is 0.0453. The largest absolute Gasteiger partial charge is 0.381 e. The molecule has 6 nitrogen and oxygen atoms in total. The van der Waals surface area contributed by atoms with Gasteiger partial charge in [-0.1, -0.05) is 28.1 Å². The number of halogens is 1. The van der Waals surface area contributed by atoms with E-state index < -0.39 is 10.0 Å². The Morgan fingerprint density at radius 3 is 2.48 bits per heavy atom. The van der Waals surface area contributed by atoms with Crippen molar-refractivity contribution in [2.75, 3.05) is 12.8 Å². The molecule has 0 aliphatic rings. The fourth-order valence-corrected chi connectivity index (χ4v) is 3.36. The molecule has 0 saturated heterocycles. The van der Waals surface area contributed by atoms with Crippen LogP contribution in [-0.2, 0) is 23.1 Å². The maximum absolute atomic E-state index is 12.5. The van der Waals surface area contributed by atoms with Crippen molar-refractivity contribution in [1.29, 1.82) is 0 Å². The summed E-state index contributed by atoms with van der Waals surface area (Å²) in [6.07, 6.45) is 1.46. The predicted molar refractivity (Wildman–Crippen MR) is 85.1 cm³/mol. The van der Waals surface area contributed by atoms with Gasteiger partial charge in [0.25, 0.3) is 0 Å². The van der Waals surface area contributed by atoms with E-state index in [1.807, 2.05) is 31.2 Å². The van der Waals surface area contributed by atoms with Crippen LogP contribution in [0.15, 0.2) is 39.8 Å². The minimum atomic E-state index is -3.65. The van der Waals surface area contributed by atoms with Gasteiger partial charge in [-0.05, 0) is 24.6 Å². The van der Waals surface area contributed by atoms with Crippen molar-refractivity contribution >= 4 is 31.8 Å². The summed E-state index contributed by atoms with van der Waals surface area (Å²) in [5.74, 6) is 0.0273. The van der Waals surface area contributed by atoms with E-state index in [9.17, 15) is 8.42 Å². The lowest BCUT2D eigenvalue weighted by Gasteiger charge is -2.16. The SMILES string of the molecule is CCn1cc(S(=O)(=O)N(C)Cc2ccc(Br)cc2)c(N)n1. The molecule has 0 atom stereocenters. The number of nitrogen functional groups attached to an aromatic ring is 1. The molecule has 21 heavy (non-hydrogen) atoms. The number of sulfonamides is 1. The molecular weight excluding hydrogens is 356 g/mol. The van der Waals surface area contributed by atoms with Gasteiger partial charge >= 0.3 is 0 Å². The third-order valence-electron chi connectivity index (χ3n) is 3.09. The standard InChI is InChI=1S/C13H17BrN4O2S/c1-3-18-9-12(13(15)16-18)21(19,20)17(2)8-10-4-6-11(14)7-5-10/h4-7,9H,3,8H2,1-2H3,(H2,15,16). The summed E-state index contributed by atoms with van der Waals surface area (Å²) in [5, 5.41) is 3.98. The molecule has 1 aromatic heterocycles. The highest BCUT2D eigenvalue weighted by Crippen LogP contribution is 2.22. The Morgan fingerprint density at radius 2 is 1.95 bits per heavy atom. The van der Waals surface area contributed by atoms with E-state index in [2.05, 4.69) is 21.0 Å². The van der Waals surface area contributed by atoms with Crippen LogP contribution in [0.2, 0.25) is 0 Å². The summed E-state index contributed by atoms with van der Waals surface area (Å²) in [6.45, 7) is 2.71. The first kappa shape index (κ1) is 16.0. The second-order valence-corrected chi connectivity index (χ2v) is 7.55. The normalized spacial score (nSPS) is 12.0. The molecule has 8 heteroatoms. The van der Waals surface area contributed by atoms with E-state index in [1.165, 1.54) is 22.2 Å². The molecule has 0 unspecified atom stereocenters. The highest BCUT2D eigenvalue weighted by molar-refractivity contribution is 9.10. The van der Waals surface area contributed by atoms with Crippen LogP contribution >= 0.6 is 15.9 Å². The Kier molecular flexibility index (Phi) is 4.70. The Balaban J connectivity index is 2.25. The van der Waals surface area contributed by atoms with Crippen LogP contribution in [0.3, 0.4) is 0 Å². The van der Waals surface area contributed by atoms with Crippen molar-refractivity contribution < 1.29 is 8.42 Å². The number of anilines is 1. The lowest BCUT2D eigenvalue weighted by atomic mass is 10.2. The third kappa shape index (κ3) is 3.45. The number of nitrogens with two attached hydrogens (primary N) is 1. The maximum atomic E-state index is 12.5. The number of aryl methyl sites for hydroxylation is 1. The summed E-state index contributed by atoms with van der Waals surface area (Å²) in [6, 6.07) is 7.49. The van der Waals surface area contributed by atoms with Crippen LogP contribution in [0.4, 0.5) is 5.82 Å². The first-order chi connectivity index (χ1) is 9.84.